The Morgan fingerprint density at radius 1 is 1.13 bits per heavy atom. The molecule has 120 valence electrons. The van der Waals surface area contributed by atoms with Crippen molar-refractivity contribution in [1.82, 2.24) is 19.4 Å². The molecule has 23 heavy (non-hydrogen) atoms. The molecule has 3 aromatic rings. The second-order valence-corrected chi connectivity index (χ2v) is 5.80. The molecule has 0 amide bonds. The molecule has 0 unspecified atom stereocenters. The molecule has 0 spiro atoms. The molecule has 4 heterocycles. The van der Waals surface area contributed by atoms with E-state index < -0.39 is 0 Å². The highest BCUT2D eigenvalue weighted by Crippen LogP contribution is 2.25. The van der Waals surface area contributed by atoms with Crippen molar-refractivity contribution in [3.8, 4) is 11.6 Å². The molecule has 1 aliphatic rings. The van der Waals surface area contributed by atoms with Crippen LogP contribution in [0.5, 0.6) is 0 Å². The normalized spacial score (nSPS) is 16.2. The number of hydrogen-bond donors (Lipinski definition) is 0. The van der Waals surface area contributed by atoms with E-state index in [0.717, 1.165) is 67.9 Å². The fraction of sp³-hybridized carbons (Fsp3) is 0.412. The topological polar surface area (TPSA) is 56.3 Å². The summed E-state index contributed by atoms with van der Waals surface area (Å²) in [6, 6.07) is 7.85. The Hall–Kier alpha value is -2.18. The predicted octanol–water partition coefficient (Wildman–Crippen LogP) is 2.33. The zero-order valence-corrected chi connectivity index (χ0v) is 13.2. The van der Waals surface area contributed by atoms with Crippen LogP contribution in [0.2, 0.25) is 0 Å². The molecule has 0 saturated carbocycles. The summed E-state index contributed by atoms with van der Waals surface area (Å²) in [6.45, 7) is 7.33. The summed E-state index contributed by atoms with van der Waals surface area (Å²) in [5.74, 6) is 2.53. The van der Waals surface area contributed by atoms with Crippen molar-refractivity contribution in [2.24, 2.45) is 0 Å². The van der Waals surface area contributed by atoms with Gasteiger partial charge in [-0.1, -0.05) is 0 Å². The molecule has 1 saturated heterocycles. The lowest BCUT2D eigenvalue weighted by Crippen LogP contribution is -2.38. The monoisotopic (exact) mass is 312 g/mol. The Kier molecular flexibility index (Phi) is 3.85. The molecule has 0 aromatic carbocycles. The SMILES string of the molecule is Cc1ccc(-c2nc3cccnc3n2CCN2CCOCC2)o1. The van der Waals surface area contributed by atoms with Crippen LogP contribution in [0.25, 0.3) is 22.7 Å². The molecule has 1 aliphatic heterocycles. The van der Waals surface area contributed by atoms with E-state index in [1.807, 2.05) is 37.4 Å². The zero-order chi connectivity index (χ0) is 15.6. The van der Waals surface area contributed by atoms with E-state index in [-0.39, 0.29) is 0 Å². The second-order valence-electron chi connectivity index (χ2n) is 5.80. The summed E-state index contributed by atoms with van der Waals surface area (Å²) < 4.78 is 13.4. The third-order valence-corrected chi connectivity index (χ3v) is 4.21. The van der Waals surface area contributed by atoms with Crippen LogP contribution < -0.4 is 0 Å². The summed E-state index contributed by atoms with van der Waals surface area (Å²) in [6.07, 6.45) is 1.81. The molecule has 6 nitrogen and oxygen atoms in total. The Bertz CT molecular complexity index is 802. The summed E-state index contributed by atoms with van der Waals surface area (Å²) in [5, 5.41) is 0. The number of aryl methyl sites for hydroxylation is 1. The van der Waals surface area contributed by atoms with Crippen LogP contribution in [-0.4, -0.2) is 52.3 Å². The molecule has 3 aromatic heterocycles. The molecule has 1 fully saturated rings. The van der Waals surface area contributed by atoms with Crippen molar-refractivity contribution < 1.29 is 9.15 Å². The van der Waals surface area contributed by atoms with Gasteiger partial charge < -0.3 is 13.7 Å². The van der Waals surface area contributed by atoms with Gasteiger partial charge in [-0.25, -0.2) is 9.97 Å². The van der Waals surface area contributed by atoms with Gasteiger partial charge >= 0.3 is 0 Å². The van der Waals surface area contributed by atoms with Crippen LogP contribution in [0.3, 0.4) is 0 Å². The number of aromatic nitrogens is 3. The van der Waals surface area contributed by atoms with Crippen LogP contribution in [0.15, 0.2) is 34.9 Å². The van der Waals surface area contributed by atoms with Crippen LogP contribution in [-0.2, 0) is 11.3 Å². The van der Waals surface area contributed by atoms with E-state index >= 15 is 0 Å². The van der Waals surface area contributed by atoms with Gasteiger partial charge in [0.1, 0.15) is 11.3 Å². The van der Waals surface area contributed by atoms with Gasteiger partial charge in [0.25, 0.3) is 0 Å². The third kappa shape index (κ3) is 2.87. The number of pyridine rings is 1. The summed E-state index contributed by atoms with van der Waals surface area (Å²) in [4.78, 5) is 11.6. The van der Waals surface area contributed by atoms with E-state index in [1.165, 1.54) is 0 Å². The van der Waals surface area contributed by atoms with E-state index in [0.29, 0.717) is 0 Å². The standard InChI is InChI=1S/C17H20N4O2/c1-13-4-5-15(23-13)17-19-14-3-2-6-18-16(14)21(17)8-7-20-9-11-22-12-10-20/h2-6H,7-12H2,1H3. The third-order valence-electron chi connectivity index (χ3n) is 4.21. The quantitative estimate of drug-likeness (QED) is 0.740. The number of nitrogens with zero attached hydrogens (tertiary/aromatic N) is 4. The number of hydrogen-bond acceptors (Lipinski definition) is 5. The minimum absolute atomic E-state index is 0.794. The average molecular weight is 312 g/mol. The average Bonchev–Trinajstić information content (AvgIpc) is 3.17. The number of imidazole rings is 1. The molecular formula is C17H20N4O2. The van der Waals surface area contributed by atoms with Crippen molar-refractivity contribution in [3.63, 3.8) is 0 Å². The first-order valence-electron chi connectivity index (χ1n) is 7.99. The fourth-order valence-electron chi connectivity index (χ4n) is 2.98. The maximum absolute atomic E-state index is 5.79. The molecule has 0 N–H and O–H groups in total. The minimum atomic E-state index is 0.794. The number of morpholine rings is 1. The Balaban J connectivity index is 1.67. The predicted molar refractivity (Wildman–Crippen MR) is 87.2 cm³/mol. The first kappa shape index (κ1) is 14.4. The highest BCUT2D eigenvalue weighted by molar-refractivity contribution is 5.75. The van der Waals surface area contributed by atoms with Crippen LogP contribution >= 0.6 is 0 Å². The molecule has 0 aliphatic carbocycles. The second kappa shape index (κ2) is 6.14. The number of rotatable bonds is 4. The first-order chi connectivity index (χ1) is 11.3. The van der Waals surface area contributed by atoms with Crippen molar-refractivity contribution in [1.29, 1.82) is 0 Å². The van der Waals surface area contributed by atoms with E-state index in [4.69, 9.17) is 14.1 Å². The maximum atomic E-state index is 5.79. The van der Waals surface area contributed by atoms with Crippen LogP contribution in [0.4, 0.5) is 0 Å². The van der Waals surface area contributed by atoms with Crippen LogP contribution in [0, 0.1) is 6.92 Å². The molecular weight excluding hydrogens is 292 g/mol. The highest BCUT2D eigenvalue weighted by atomic mass is 16.5. The molecule has 0 radical (unpaired) electrons. The van der Waals surface area contributed by atoms with Crippen LogP contribution in [0.1, 0.15) is 5.76 Å². The summed E-state index contributed by atoms with van der Waals surface area (Å²) >= 11 is 0. The van der Waals surface area contributed by atoms with Gasteiger partial charge in [0.05, 0.1) is 13.2 Å². The van der Waals surface area contributed by atoms with E-state index in [9.17, 15) is 0 Å². The molecule has 0 atom stereocenters. The van der Waals surface area contributed by atoms with Gasteiger partial charge in [-0.15, -0.1) is 0 Å². The number of furan rings is 1. The molecule has 4 rings (SSSR count). The van der Waals surface area contributed by atoms with Gasteiger partial charge in [0.15, 0.2) is 17.2 Å². The van der Waals surface area contributed by atoms with Crippen molar-refractivity contribution in [2.45, 2.75) is 13.5 Å². The van der Waals surface area contributed by atoms with Gasteiger partial charge in [-0.3, -0.25) is 4.90 Å². The first-order valence-corrected chi connectivity index (χ1v) is 7.99. The van der Waals surface area contributed by atoms with Gasteiger partial charge in [-0.2, -0.15) is 0 Å². The van der Waals surface area contributed by atoms with Crippen molar-refractivity contribution in [2.75, 3.05) is 32.8 Å². The lowest BCUT2D eigenvalue weighted by atomic mass is 10.4. The summed E-state index contributed by atoms with van der Waals surface area (Å²) in [5.41, 5.74) is 1.81. The van der Waals surface area contributed by atoms with Crippen molar-refractivity contribution in [3.05, 3.63) is 36.2 Å². The largest absolute Gasteiger partial charge is 0.458 e. The number of ether oxygens (including phenoxy) is 1. The lowest BCUT2D eigenvalue weighted by molar-refractivity contribution is 0.0365. The Morgan fingerprint density at radius 2 is 2.00 bits per heavy atom. The van der Waals surface area contributed by atoms with Gasteiger partial charge in [-0.05, 0) is 31.2 Å². The van der Waals surface area contributed by atoms with E-state index in [1.54, 1.807) is 0 Å². The lowest BCUT2D eigenvalue weighted by Gasteiger charge is -2.26. The molecule has 6 heteroatoms. The highest BCUT2D eigenvalue weighted by Gasteiger charge is 2.17. The van der Waals surface area contributed by atoms with Crippen molar-refractivity contribution >= 4 is 11.2 Å². The smallest absolute Gasteiger partial charge is 0.178 e. The molecule has 0 bridgehead atoms. The van der Waals surface area contributed by atoms with Gasteiger partial charge in [0, 0.05) is 32.4 Å². The summed E-state index contributed by atoms with van der Waals surface area (Å²) in [7, 11) is 0. The van der Waals surface area contributed by atoms with Gasteiger partial charge in [0.2, 0.25) is 0 Å². The number of fused-ring (bicyclic) bond motifs is 1. The fourth-order valence-corrected chi connectivity index (χ4v) is 2.98. The maximum Gasteiger partial charge on any atom is 0.178 e. The minimum Gasteiger partial charge on any atom is -0.458 e. The Labute approximate surface area is 134 Å². The van der Waals surface area contributed by atoms with E-state index in [2.05, 4.69) is 14.5 Å². The Morgan fingerprint density at radius 3 is 2.78 bits per heavy atom. The zero-order valence-electron chi connectivity index (χ0n) is 13.2.